The summed E-state index contributed by atoms with van der Waals surface area (Å²) >= 11 is 6.07. The Kier molecular flexibility index (Phi) is 3.13. The molecule has 0 spiro atoms. The van der Waals surface area contributed by atoms with Gasteiger partial charge in [-0.2, -0.15) is 0 Å². The molecule has 0 saturated carbocycles. The summed E-state index contributed by atoms with van der Waals surface area (Å²) in [5.41, 5.74) is 2.67. The lowest BCUT2D eigenvalue weighted by atomic mass is 9.71. The number of piperidine rings is 3. The molecule has 4 fully saturated rings. The van der Waals surface area contributed by atoms with Crippen LogP contribution in [0.1, 0.15) is 24.8 Å². The van der Waals surface area contributed by atoms with Crippen molar-refractivity contribution in [1.29, 1.82) is 0 Å². The van der Waals surface area contributed by atoms with Crippen LogP contribution in [0.3, 0.4) is 0 Å². The second kappa shape index (κ2) is 4.87. The van der Waals surface area contributed by atoms with Gasteiger partial charge in [0.15, 0.2) is 0 Å². The Morgan fingerprint density at radius 1 is 1.35 bits per heavy atom. The van der Waals surface area contributed by atoms with E-state index in [-0.39, 0.29) is 0 Å². The Labute approximate surface area is 125 Å². The molecular weight excluding hydrogens is 270 g/mol. The quantitative estimate of drug-likeness (QED) is 0.904. The highest BCUT2D eigenvalue weighted by molar-refractivity contribution is 6.30. The van der Waals surface area contributed by atoms with E-state index >= 15 is 0 Å². The van der Waals surface area contributed by atoms with Crippen LogP contribution < -0.4 is 0 Å². The molecule has 20 heavy (non-hydrogen) atoms. The molecule has 5 atom stereocenters. The monoisotopic (exact) mass is 289 g/mol. The lowest BCUT2D eigenvalue weighted by molar-refractivity contribution is -0.000634. The third kappa shape index (κ3) is 1.93. The minimum absolute atomic E-state index is 0.325. The smallest absolute Gasteiger partial charge is 0.0480 e. The average molecular weight is 290 g/mol. The Balaban J connectivity index is 1.67. The predicted molar refractivity (Wildman–Crippen MR) is 81.6 cm³/mol. The molecule has 3 heteroatoms. The topological polar surface area (TPSA) is 23.5 Å². The van der Waals surface area contributed by atoms with E-state index in [9.17, 15) is 5.11 Å². The van der Waals surface area contributed by atoms with Crippen LogP contribution in [0.15, 0.2) is 29.8 Å². The van der Waals surface area contributed by atoms with Crippen LogP contribution in [0.2, 0.25) is 5.02 Å². The van der Waals surface area contributed by atoms with Crippen LogP contribution in [0.4, 0.5) is 0 Å². The Bertz CT molecular complexity index is 556. The Morgan fingerprint density at radius 3 is 3.05 bits per heavy atom. The lowest BCUT2D eigenvalue weighted by Crippen LogP contribution is -2.56. The average Bonchev–Trinajstić information content (AvgIpc) is 2.76. The third-order valence-corrected chi connectivity index (χ3v) is 5.72. The number of benzene rings is 1. The molecule has 4 aliphatic heterocycles. The second-order valence-electron chi connectivity index (χ2n) is 6.43. The third-order valence-electron chi connectivity index (χ3n) is 5.48. The van der Waals surface area contributed by atoms with E-state index in [2.05, 4.69) is 17.0 Å². The first-order valence-corrected chi connectivity index (χ1v) is 7.96. The van der Waals surface area contributed by atoms with Crippen molar-refractivity contribution in [2.75, 3.05) is 13.2 Å². The maximum atomic E-state index is 9.79. The van der Waals surface area contributed by atoms with Crippen LogP contribution in [-0.4, -0.2) is 35.2 Å². The molecule has 4 bridgehead atoms. The first kappa shape index (κ1) is 12.9. The van der Waals surface area contributed by atoms with Crippen LogP contribution >= 0.6 is 11.6 Å². The normalized spacial score (nSPS) is 40.5. The first-order valence-electron chi connectivity index (χ1n) is 7.59. The van der Waals surface area contributed by atoms with E-state index in [0.29, 0.717) is 24.5 Å². The van der Waals surface area contributed by atoms with E-state index in [1.165, 1.54) is 30.4 Å². The fourth-order valence-corrected chi connectivity index (χ4v) is 4.83. The molecule has 1 aromatic carbocycles. The number of hydrogen-bond donors (Lipinski definition) is 1. The summed E-state index contributed by atoms with van der Waals surface area (Å²) in [6.45, 7) is 1.41. The Hall–Kier alpha value is -0.830. The molecule has 1 N–H and O–H groups in total. The van der Waals surface area contributed by atoms with E-state index in [1.807, 2.05) is 18.2 Å². The van der Waals surface area contributed by atoms with Gasteiger partial charge in [0.25, 0.3) is 0 Å². The molecule has 4 aliphatic rings. The summed E-state index contributed by atoms with van der Waals surface area (Å²) in [5, 5.41) is 10.6. The van der Waals surface area contributed by atoms with Gasteiger partial charge in [-0.05, 0) is 42.9 Å². The van der Waals surface area contributed by atoms with Crippen LogP contribution in [0.5, 0.6) is 0 Å². The van der Waals surface area contributed by atoms with Gasteiger partial charge in [0.1, 0.15) is 0 Å². The second-order valence-corrected chi connectivity index (χ2v) is 6.87. The van der Waals surface area contributed by atoms with Gasteiger partial charge in [-0.25, -0.2) is 0 Å². The number of aliphatic hydroxyl groups excluding tert-OH is 1. The fraction of sp³-hybridized carbons (Fsp3) is 0.529. The van der Waals surface area contributed by atoms with Crippen molar-refractivity contribution in [3.8, 4) is 0 Å². The summed E-state index contributed by atoms with van der Waals surface area (Å²) in [5.74, 6) is 1.01. The number of nitrogens with zero attached hydrogens (tertiary/aromatic N) is 1. The van der Waals surface area contributed by atoms with Crippen molar-refractivity contribution in [2.24, 2.45) is 11.8 Å². The molecule has 0 radical (unpaired) electrons. The van der Waals surface area contributed by atoms with Crippen molar-refractivity contribution >= 4 is 17.7 Å². The maximum Gasteiger partial charge on any atom is 0.0480 e. The summed E-state index contributed by atoms with van der Waals surface area (Å²) in [6.07, 6.45) is 6.12. The molecule has 4 saturated heterocycles. The summed E-state index contributed by atoms with van der Waals surface area (Å²) < 4.78 is 0. The first-order chi connectivity index (χ1) is 9.76. The number of rotatable bonds is 2. The molecule has 0 amide bonds. The highest BCUT2D eigenvalue weighted by Crippen LogP contribution is 2.50. The predicted octanol–water partition coefficient (Wildman–Crippen LogP) is 3.20. The van der Waals surface area contributed by atoms with E-state index in [0.717, 1.165) is 17.6 Å². The molecular formula is C17H20ClNO. The van der Waals surface area contributed by atoms with Crippen molar-refractivity contribution in [3.63, 3.8) is 0 Å². The maximum absolute atomic E-state index is 9.79. The standard InChI is InChI=1S/C17H20ClNO/c18-13-3-1-2-11(7-13)6-12-9-19-14-4-5-17(19)16(10-20)15(12)8-14/h1-3,6-7,14-17,20H,4-5,8-10H2/b12-6+/t14-,15+,16-,17+/m0/s1. The number of hydrogen-bond acceptors (Lipinski definition) is 2. The number of fused-ring (bicyclic) bond motifs is 1. The minimum Gasteiger partial charge on any atom is -0.396 e. The molecule has 4 heterocycles. The molecule has 106 valence electrons. The molecule has 0 aromatic heterocycles. The van der Waals surface area contributed by atoms with Gasteiger partial charge in [-0.3, -0.25) is 4.90 Å². The van der Waals surface area contributed by atoms with Gasteiger partial charge < -0.3 is 5.11 Å². The van der Waals surface area contributed by atoms with Gasteiger partial charge in [0, 0.05) is 36.2 Å². The summed E-state index contributed by atoms with van der Waals surface area (Å²) in [4.78, 5) is 2.64. The van der Waals surface area contributed by atoms with Crippen molar-refractivity contribution < 1.29 is 5.11 Å². The highest BCUT2D eigenvalue weighted by atomic mass is 35.5. The zero-order valence-corrected chi connectivity index (χ0v) is 12.3. The minimum atomic E-state index is 0.325. The van der Waals surface area contributed by atoms with Gasteiger partial charge >= 0.3 is 0 Å². The summed E-state index contributed by atoms with van der Waals surface area (Å²) in [7, 11) is 0. The van der Waals surface area contributed by atoms with Gasteiger partial charge in [-0.1, -0.05) is 35.4 Å². The molecule has 1 unspecified atom stereocenters. The van der Waals surface area contributed by atoms with Crippen LogP contribution in [0.25, 0.3) is 6.08 Å². The number of halogens is 1. The van der Waals surface area contributed by atoms with E-state index in [4.69, 9.17) is 11.6 Å². The van der Waals surface area contributed by atoms with Crippen LogP contribution in [-0.2, 0) is 0 Å². The van der Waals surface area contributed by atoms with Gasteiger partial charge in [0.05, 0.1) is 0 Å². The largest absolute Gasteiger partial charge is 0.396 e. The molecule has 5 rings (SSSR count). The van der Waals surface area contributed by atoms with E-state index < -0.39 is 0 Å². The van der Waals surface area contributed by atoms with Crippen LogP contribution in [0, 0.1) is 11.8 Å². The lowest BCUT2D eigenvalue weighted by Gasteiger charge is -2.51. The van der Waals surface area contributed by atoms with Crippen molar-refractivity contribution in [3.05, 3.63) is 40.4 Å². The molecule has 0 aliphatic carbocycles. The molecule has 2 nitrogen and oxygen atoms in total. The Morgan fingerprint density at radius 2 is 2.25 bits per heavy atom. The van der Waals surface area contributed by atoms with Gasteiger partial charge in [-0.15, -0.1) is 0 Å². The van der Waals surface area contributed by atoms with Crippen molar-refractivity contribution in [1.82, 2.24) is 4.90 Å². The SMILES string of the molecule is OC[C@H]1[C@@H]2C[C@@H]3CC[C@H]1N3C/C2=C\c1cccc(Cl)c1. The zero-order chi connectivity index (χ0) is 13.7. The molecule has 1 aromatic rings. The van der Waals surface area contributed by atoms with Crippen molar-refractivity contribution in [2.45, 2.75) is 31.3 Å². The van der Waals surface area contributed by atoms with Gasteiger partial charge in [0.2, 0.25) is 0 Å². The highest BCUT2D eigenvalue weighted by Gasteiger charge is 2.51. The zero-order valence-electron chi connectivity index (χ0n) is 11.5. The summed E-state index contributed by atoms with van der Waals surface area (Å²) in [6, 6.07) is 9.44. The number of aliphatic hydroxyl groups is 1. The fourth-order valence-electron chi connectivity index (χ4n) is 4.63. The van der Waals surface area contributed by atoms with E-state index in [1.54, 1.807) is 0 Å².